The van der Waals surface area contributed by atoms with Crippen molar-refractivity contribution in [3.8, 4) is 0 Å². The van der Waals surface area contributed by atoms with Gasteiger partial charge in [0.25, 0.3) is 0 Å². The molecular formula is C14H21N3O3S2. The van der Waals surface area contributed by atoms with Crippen molar-refractivity contribution < 1.29 is 13.2 Å². The van der Waals surface area contributed by atoms with E-state index in [1.807, 2.05) is 11.8 Å². The van der Waals surface area contributed by atoms with Gasteiger partial charge >= 0.3 is 6.03 Å². The van der Waals surface area contributed by atoms with Crippen molar-refractivity contribution in [3.63, 3.8) is 0 Å². The molecule has 8 heteroatoms. The van der Waals surface area contributed by atoms with Gasteiger partial charge < -0.3 is 10.2 Å². The number of sulfonamides is 1. The van der Waals surface area contributed by atoms with E-state index in [1.54, 1.807) is 36.9 Å². The summed E-state index contributed by atoms with van der Waals surface area (Å²) in [6.07, 6.45) is 0. The highest BCUT2D eigenvalue weighted by Gasteiger charge is 2.17. The fourth-order valence-corrected chi connectivity index (χ4v) is 3.68. The van der Waals surface area contributed by atoms with Gasteiger partial charge in [0.1, 0.15) is 0 Å². The fourth-order valence-electron chi connectivity index (χ4n) is 2.06. The van der Waals surface area contributed by atoms with Crippen LogP contribution in [0.2, 0.25) is 0 Å². The fraction of sp³-hybridized carbons (Fsp3) is 0.500. The molecule has 2 amide bonds. The van der Waals surface area contributed by atoms with E-state index >= 15 is 0 Å². The van der Waals surface area contributed by atoms with Crippen LogP contribution in [0.15, 0.2) is 18.2 Å². The summed E-state index contributed by atoms with van der Waals surface area (Å²) in [5, 5.41) is 2.86. The number of nitrogens with one attached hydrogen (secondary N) is 2. The van der Waals surface area contributed by atoms with Gasteiger partial charge in [-0.05, 0) is 37.6 Å². The molecule has 0 aromatic heterocycles. The number of urea groups is 1. The van der Waals surface area contributed by atoms with Gasteiger partial charge in [0.2, 0.25) is 10.0 Å². The minimum atomic E-state index is -3.30. The third-order valence-electron chi connectivity index (χ3n) is 3.42. The van der Waals surface area contributed by atoms with Crippen LogP contribution >= 0.6 is 11.8 Å². The first-order chi connectivity index (χ1) is 10.4. The lowest BCUT2D eigenvalue weighted by Crippen LogP contribution is -2.40. The van der Waals surface area contributed by atoms with Gasteiger partial charge in [0.15, 0.2) is 0 Å². The third-order valence-corrected chi connectivity index (χ3v) is 5.65. The Bertz CT molecular complexity index is 641. The molecule has 1 heterocycles. The highest BCUT2D eigenvalue weighted by atomic mass is 32.2. The summed E-state index contributed by atoms with van der Waals surface area (Å²) in [6, 6.07) is 5.03. The number of carbonyl (C=O) groups is 1. The minimum Gasteiger partial charge on any atom is -0.323 e. The third kappa shape index (κ3) is 4.54. The van der Waals surface area contributed by atoms with Crippen LogP contribution in [0.3, 0.4) is 0 Å². The SMILES string of the molecule is CCS(=O)(=O)Nc1ccc(NC(=O)N2CCSCC2)cc1C. The second kappa shape index (κ2) is 7.23. The largest absolute Gasteiger partial charge is 0.323 e. The first-order valence-corrected chi connectivity index (χ1v) is 9.97. The Balaban J connectivity index is 2.04. The zero-order valence-electron chi connectivity index (χ0n) is 12.8. The van der Waals surface area contributed by atoms with Gasteiger partial charge in [-0.15, -0.1) is 0 Å². The first kappa shape index (κ1) is 17.0. The Morgan fingerprint density at radius 3 is 2.59 bits per heavy atom. The van der Waals surface area contributed by atoms with Crippen molar-refractivity contribution in [1.29, 1.82) is 0 Å². The Kier molecular flexibility index (Phi) is 5.57. The lowest BCUT2D eigenvalue weighted by atomic mass is 10.2. The molecule has 0 aliphatic carbocycles. The Labute approximate surface area is 135 Å². The van der Waals surface area contributed by atoms with E-state index in [-0.39, 0.29) is 11.8 Å². The molecular weight excluding hydrogens is 322 g/mol. The predicted octanol–water partition coefficient (Wildman–Crippen LogP) is 2.34. The summed E-state index contributed by atoms with van der Waals surface area (Å²) >= 11 is 1.85. The molecule has 0 radical (unpaired) electrons. The molecule has 0 atom stereocenters. The van der Waals surface area contributed by atoms with Gasteiger partial charge in [0, 0.05) is 30.3 Å². The molecule has 0 bridgehead atoms. The molecule has 122 valence electrons. The van der Waals surface area contributed by atoms with Gasteiger partial charge in [-0.3, -0.25) is 4.72 Å². The molecule has 1 saturated heterocycles. The first-order valence-electron chi connectivity index (χ1n) is 7.16. The highest BCUT2D eigenvalue weighted by Crippen LogP contribution is 2.21. The van der Waals surface area contributed by atoms with Gasteiger partial charge in [0.05, 0.1) is 11.4 Å². The maximum Gasteiger partial charge on any atom is 0.321 e. The van der Waals surface area contributed by atoms with Crippen molar-refractivity contribution in [2.45, 2.75) is 13.8 Å². The number of benzene rings is 1. The summed E-state index contributed by atoms with van der Waals surface area (Å²) < 4.78 is 25.7. The number of aryl methyl sites for hydroxylation is 1. The smallest absolute Gasteiger partial charge is 0.321 e. The van der Waals surface area contributed by atoms with Crippen molar-refractivity contribution in [2.75, 3.05) is 40.4 Å². The summed E-state index contributed by atoms with van der Waals surface area (Å²) in [5.74, 6) is 1.95. The zero-order valence-corrected chi connectivity index (χ0v) is 14.4. The number of rotatable bonds is 4. The topological polar surface area (TPSA) is 78.5 Å². The number of thioether (sulfide) groups is 1. The Hall–Kier alpha value is -1.41. The lowest BCUT2D eigenvalue weighted by Gasteiger charge is -2.26. The van der Waals surface area contributed by atoms with E-state index in [9.17, 15) is 13.2 Å². The van der Waals surface area contributed by atoms with Crippen LogP contribution < -0.4 is 10.0 Å². The molecule has 0 saturated carbocycles. The highest BCUT2D eigenvalue weighted by molar-refractivity contribution is 7.99. The molecule has 0 spiro atoms. The number of nitrogens with zero attached hydrogens (tertiary/aromatic N) is 1. The molecule has 1 aromatic carbocycles. The summed E-state index contributed by atoms with van der Waals surface area (Å²) in [4.78, 5) is 13.9. The van der Waals surface area contributed by atoms with Crippen LogP contribution in [-0.2, 0) is 10.0 Å². The van der Waals surface area contributed by atoms with E-state index in [2.05, 4.69) is 10.0 Å². The molecule has 2 N–H and O–H groups in total. The molecule has 22 heavy (non-hydrogen) atoms. The summed E-state index contributed by atoms with van der Waals surface area (Å²) in [5.41, 5.74) is 1.97. The van der Waals surface area contributed by atoms with Crippen molar-refractivity contribution >= 4 is 39.2 Å². The maximum absolute atomic E-state index is 12.1. The number of amides is 2. The molecule has 0 unspecified atom stereocenters. The van der Waals surface area contributed by atoms with Crippen molar-refractivity contribution in [3.05, 3.63) is 23.8 Å². The van der Waals surface area contributed by atoms with Crippen molar-refractivity contribution in [2.24, 2.45) is 0 Å². The average Bonchev–Trinajstić information content (AvgIpc) is 2.51. The van der Waals surface area contributed by atoms with Crippen LogP contribution in [0.4, 0.5) is 16.2 Å². The monoisotopic (exact) mass is 343 g/mol. The predicted molar refractivity (Wildman–Crippen MR) is 92.2 cm³/mol. The standard InChI is InChI=1S/C14H21N3O3S2/c1-3-22(19,20)16-13-5-4-12(10-11(13)2)15-14(18)17-6-8-21-9-7-17/h4-5,10,16H,3,6-9H2,1-2H3,(H,15,18). The molecule has 1 fully saturated rings. The van der Waals surface area contributed by atoms with Gasteiger partial charge in [-0.1, -0.05) is 0 Å². The number of anilines is 2. The number of hydrogen-bond acceptors (Lipinski definition) is 4. The van der Waals surface area contributed by atoms with E-state index < -0.39 is 10.0 Å². The quantitative estimate of drug-likeness (QED) is 0.879. The van der Waals surface area contributed by atoms with Crippen LogP contribution in [0.5, 0.6) is 0 Å². The average molecular weight is 343 g/mol. The van der Waals surface area contributed by atoms with Crippen molar-refractivity contribution in [1.82, 2.24) is 4.90 Å². The second-order valence-electron chi connectivity index (χ2n) is 5.06. The maximum atomic E-state index is 12.1. The van der Waals surface area contributed by atoms with Crippen LogP contribution in [0.1, 0.15) is 12.5 Å². The second-order valence-corrected chi connectivity index (χ2v) is 8.30. The molecule has 1 aromatic rings. The molecule has 6 nitrogen and oxygen atoms in total. The van der Waals surface area contributed by atoms with E-state index in [0.717, 1.165) is 30.2 Å². The van der Waals surface area contributed by atoms with E-state index in [1.165, 1.54) is 0 Å². The minimum absolute atomic E-state index is 0.0257. The van der Waals surface area contributed by atoms with E-state index in [0.29, 0.717) is 11.4 Å². The zero-order chi connectivity index (χ0) is 16.2. The van der Waals surface area contributed by atoms with Crippen LogP contribution in [0, 0.1) is 6.92 Å². The molecule has 1 aliphatic rings. The van der Waals surface area contributed by atoms with Gasteiger partial charge in [-0.2, -0.15) is 11.8 Å². The van der Waals surface area contributed by atoms with Crippen LogP contribution in [-0.4, -0.2) is 49.7 Å². The van der Waals surface area contributed by atoms with Gasteiger partial charge in [-0.25, -0.2) is 13.2 Å². The lowest BCUT2D eigenvalue weighted by molar-refractivity contribution is 0.217. The Morgan fingerprint density at radius 1 is 1.32 bits per heavy atom. The normalized spacial score (nSPS) is 15.5. The molecule has 1 aliphatic heterocycles. The number of hydrogen-bond donors (Lipinski definition) is 2. The van der Waals surface area contributed by atoms with E-state index in [4.69, 9.17) is 0 Å². The summed E-state index contributed by atoms with van der Waals surface area (Å²) in [7, 11) is -3.30. The Morgan fingerprint density at radius 2 is 2.00 bits per heavy atom. The summed E-state index contributed by atoms with van der Waals surface area (Å²) in [6.45, 7) is 4.90. The van der Waals surface area contributed by atoms with Crippen LogP contribution in [0.25, 0.3) is 0 Å². The molecule has 2 rings (SSSR count). The number of carbonyl (C=O) groups excluding carboxylic acids is 1.